The van der Waals surface area contributed by atoms with Gasteiger partial charge in [0, 0.05) is 19.6 Å². The van der Waals surface area contributed by atoms with Gasteiger partial charge in [-0.3, -0.25) is 9.36 Å². The van der Waals surface area contributed by atoms with Gasteiger partial charge in [-0.05, 0) is 38.8 Å². The van der Waals surface area contributed by atoms with Crippen LogP contribution in [0.1, 0.15) is 34.6 Å². The van der Waals surface area contributed by atoms with E-state index < -0.39 is 0 Å². The van der Waals surface area contributed by atoms with Crippen molar-refractivity contribution in [1.29, 1.82) is 0 Å². The average molecular weight is 350 g/mol. The second-order valence-corrected chi connectivity index (χ2v) is 7.37. The van der Waals surface area contributed by atoms with Crippen LogP contribution in [0.5, 0.6) is 0 Å². The van der Waals surface area contributed by atoms with Crippen LogP contribution in [0, 0.1) is 5.92 Å². The first-order valence-electron chi connectivity index (χ1n) is 8.40. The Bertz CT molecular complexity index is 648. The second kappa shape index (κ2) is 8.37. The molecule has 6 nitrogen and oxygen atoms in total. The molecule has 0 aliphatic heterocycles. The summed E-state index contributed by atoms with van der Waals surface area (Å²) >= 11 is 1.45. The summed E-state index contributed by atoms with van der Waals surface area (Å²) in [6.07, 6.45) is 1.63. The number of carbonyl (C=O) groups excluding carboxylic acids is 1. The largest absolute Gasteiger partial charge is 0.461 e. The third kappa shape index (κ3) is 4.20. The van der Waals surface area contributed by atoms with Crippen molar-refractivity contribution in [3.63, 3.8) is 0 Å². The molecule has 0 aliphatic carbocycles. The molecular formula is C17H26N4O2S. The lowest BCUT2D eigenvalue weighted by Crippen LogP contribution is -2.36. The Labute approximate surface area is 147 Å². The van der Waals surface area contributed by atoms with Gasteiger partial charge in [0.15, 0.2) is 16.7 Å². The van der Waals surface area contributed by atoms with Gasteiger partial charge in [0.25, 0.3) is 0 Å². The quantitative estimate of drug-likeness (QED) is 0.681. The van der Waals surface area contributed by atoms with Gasteiger partial charge in [0.2, 0.25) is 5.91 Å². The van der Waals surface area contributed by atoms with Gasteiger partial charge in [0.1, 0.15) is 0 Å². The van der Waals surface area contributed by atoms with E-state index in [4.69, 9.17) is 4.42 Å². The lowest BCUT2D eigenvalue weighted by atomic mass is 10.2. The Hall–Kier alpha value is -1.76. The molecule has 0 fully saturated rings. The maximum atomic E-state index is 12.5. The highest BCUT2D eigenvalue weighted by atomic mass is 32.2. The molecule has 132 valence electrons. The number of aromatic nitrogens is 3. The van der Waals surface area contributed by atoms with E-state index in [1.165, 1.54) is 11.8 Å². The standard InChI is InChI=1S/C17H26N4O2S/c1-6-20(7-2)16(22)13(5)24-17-19-18-15(14-9-8-10-23-14)21(17)11-12(3)4/h8-10,12-13H,6-7,11H2,1-5H3. The van der Waals surface area contributed by atoms with Crippen molar-refractivity contribution in [2.24, 2.45) is 5.92 Å². The van der Waals surface area contributed by atoms with Crippen LogP contribution in [0.15, 0.2) is 28.0 Å². The van der Waals surface area contributed by atoms with E-state index in [1.54, 1.807) is 6.26 Å². The summed E-state index contributed by atoms with van der Waals surface area (Å²) in [5.74, 6) is 1.96. The maximum absolute atomic E-state index is 12.5. The summed E-state index contributed by atoms with van der Waals surface area (Å²) in [7, 11) is 0. The van der Waals surface area contributed by atoms with Crippen LogP contribution in [-0.4, -0.2) is 43.9 Å². The third-order valence-electron chi connectivity index (χ3n) is 3.71. The highest BCUT2D eigenvalue weighted by Gasteiger charge is 2.24. The van der Waals surface area contributed by atoms with Crippen LogP contribution in [0.2, 0.25) is 0 Å². The molecule has 2 aromatic rings. The van der Waals surface area contributed by atoms with Gasteiger partial charge in [-0.25, -0.2) is 0 Å². The van der Waals surface area contributed by atoms with Crippen LogP contribution in [0.3, 0.4) is 0 Å². The van der Waals surface area contributed by atoms with E-state index in [9.17, 15) is 4.79 Å². The molecule has 2 heterocycles. The number of hydrogen-bond donors (Lipinski definition) is 0. The van der Waals surface area contributed by atoms with Crippen molar-refractivity contribution < 1.29 is 9.21 Å². The van der Waals surface area contributed by atoms with Gasteiger partial charge in [-0.15, -0.1) is 10.2 Å². The van der Waals surface area contributed by atoms with Crippen molar-refractivity contribution in [1.82, 2.24) is 19.7 Å². The molecule has 0 aliphatic rings. The fraction of sp³-hybridized carbons (Fsp3) is 0.588. The van der Waals surface area contributed by atoms with E-state index >= 15 is 0 Å². The molecular weight excluding hydrogens is 324 g/mol. The van der Waals surface area contributed by atoms with Gasteiger partial charge in [-0.2, -0.15) is 0 Å². The van der Waals surface area contributed by atoms with Crippen LogP contribution < -0.4 is 0 Å². The summed E-state index contributed by atoms with van der Waals surface area (Å²) in [6, 6.07) is 3.71. The van der Waals surface area contributed by atoms with E-state index in [-0.39, 0.29) is 11.2 Å². The minimum atomic E-state index is -0.204. The lowest BCUT2D eigenvalue weighted by molar-refractivity contribution is -0.129. The Morgan fingerprint density at radius 2 is 2.00 bits per heavy atom. The van der Waals surface area contributed by atoms with Gasteiger partial charge < -0.3 is 9.32 Å². The Balaban J connectivity index is 2.25. The van der Waals surface area contributed by atoms with E-state index in [0.29, 0.717) is 17.5 Å². The highest BCUT2D eigenvalue weighted by molar-refractivity contribution is 8.00. The zero-order valence-electron chi connectivity index (χ0n) is 15.0. The number of thioether (sulfide) groups is 1. The molecule has 0 saturated heterocycles. The Morgan fingerprint density at radius 3 is 2.54 bits per heavy atom. The first kappa shape index (κ1) is 18.6. The summed E-state index contributed by atoms with van der Waals surface area (Å²) in [5, 5.41) is 9.14. The summed E-state index contributed by atoms with van der Waals surface area (Å²) < 4.78 is 7.51. The number of nitrogens with zero attached hydrogens (tertiary/aromatic N) is 4. The second-order valence-electron chi connectivity index (χ2n) is 6.06. The van der Waals surface area contributed by atoms with Crippen molar-refractivity contribution in [2.75, 3.05) is 13.1 Å². The molecule has 2 rings (SSSR count). The van der Waals surface area contributed by atoms with Crippen LogP contribution in [0.25, 0.3) is 11.6 Å². The molecule has 0 bridgehead atoms. The molecule has 2 aromatic heterocycles. The number of furan rings is 1. The van der Waals surface area contributed by atoms with E-state index in [0.717, 1.165) is 24.8 Å². The van der Waals surface area contributed by atoms with Crippen molar-refractivity contribution in [3.05, 3.63) is 18.4 Å². The minimum absolute atomic E-state index is 0.128. The fourth-order valence-corrected chi connectivity index (χ4v) is 3.44. The Morgan fingerprint density at radius 1 is 1.29 bits per heavy atom. The zero-order valence-corrected chi connectivity index (χ0v) is 15.8. The molecule has 0 saturated carbocycles. The van der Waals surface area contributed by atoms with Crippen molar-refractivity contribution in [3.8, 4) is 11.6 Å². The number of amides is 1. The fourth-order valence-electron chi connectivity index (χ4n) is 2.49. The predicted molar refractivity (Wildman–Crippen MR) is 95.8 cm³/mol. The third-order valence-corrected chi connectivity index (χ3v) is 4.78. The lowest BCUT2D eigenvalue weighted by Gasteiger charge is -2.22. The van der Waals surface area contributed by atoms with E-state index in [1.807, 2.05) is 42.4 Å². The topological polar surface area (TPSA) is 64.2 Å². The Kier molecular flexibility index (Phi) is 6.48. The van der Waals surface area contributed by atoms with Crippen LogP contribution in [0.4, 0.5) is 0 Å². The first-order chi connectivity index (χ1) is 11.5. The van der Waals surface area contributed by atoms with Gasteiger partial charge in [-0.1, -0.05) is 25.6 Å². The SMILES string of the molecule is CCN(CC)C(=O)C(C)Sc1nnc(-c2ccco2)n1CC(C)C. The summed E-state index contributed by atoms with van der Waals surface area (Å²) in [6.45, 7) is 12.4. The molecule has 1 amide bonds. The zero-order chi connectivity index (χ0) is 17.7. The number of rotatable bonds is 8. The van der Waals surface area contributed by atoms with E-state index in [2.05, 4.69) is 24.0 Å². The number of carbonyl (C=O) groups is 1. The van der Waals surface area contributed by atoms with Crippen molar-refractivity contribution >= 4 is 17.7 Å². The molecule has 0 radical (unpaired) electrons. The van der Waals surface area contributed by atoms with Crippen molar-refractivity contribution in [2.45, 2.75) is 51.6 Å². The summed E-state index contributed by atoms with van der Waals surface area (Å²) in [5.41, 5.74) is 0. The predicted octanol–water partition coefficient (Wildman–Crippen LogP) is 3.54. The molecule has 0 N–H and O–H groups in total. The maximum Gasteiger partial charge on any atom is 0.235 e. The molecule has 24 heavy (non-hydrogen) atoms. The molecule has 1 atom stereocenters. The molecule has 1 unspecified atom stereocenters. The summed E-state index contributed by atoms with van der Waals surface area (Å²) in [4.78, 5) is 14.3. The van der Waals surface area contributed by atoms with Gasteiger partial charge >= 0.3 is 0 Å². The molecule has 7 heteroatoms. The molecule has 0 aromatic carbocycles. The van der Waals surface area contributed by atoms with Crippen LogP contribution in [-0.2, 0) is 11.3 Å². The smallest absolute Gasteiger partial charge is 0.235 e. The monoisotopic (exact) mass is 350 g/mol. The van der Waals surface area contributed by atoms with Crippen LogP contribution >= 0.6 is 11.8 Å². The minimum Gasteiger partial charge on any atom is -0.461 e. The highest BCUT2D eigenvalue weighted by Crippen LogP contribution is 2.28. The number of hydrogen-bond acceptors (Lipinski definition) is 5. The normalized spacial score (nSPS) is 12.6. The van der Waals surface area contributed by atoms with Gasteiger partial charge in [0.05, 0.1) is 11.5 Å². The first-order valence-corrected chi connectivity index (χ1v) is 9.28. The average Bonchev–Trinajstić information content (AvgIpc) is 3.18. The molecule has 0 spiro atoms.